The molecule has 0 spiro atoms. The summed E-state index contributed by atoms with van der Waals surface area (Å²) in [5.74, 6) is 0.321. The molecule has 0 saturated heterocycles. The van der Waals surface area contributed by atoms with E-state index in [2.05, 4.69) is 41.4 Å². The van der Waals surface area contributed by atoms with Gasteiger partial charge in [-0.1, -0.05) is 31.5 Å². The van der Waals surface area contributed by atoms with Crippen LogP contribution in [0.15, 0.2) is 22.7 Å². The Labute approximate surface area is 132 Å². The molecule has 120 valence electrons. The van der Waals surface area contributed by atoms with Crippen molar-refractivity contribution in [3.8, 4) is 0 Å². The highest BCUT2D eigenvalue weighted by atomic mass is 32.1. The number of unbranched alkanes of at least 4 members (excludes halogenated alkanes) is 1. The van der Waals surface area contributed by atoms with Crippen molar-refractivity contribution in [2.24, 2.45) is 16.3 Å². The molecule has 5 heteroatoms. The average Bonchev–Trinajstić information content (AvgIpc) is 2.93. The molecule has 4 nitrogen and oxygen atoms in total. The Balaban J connectivity index is 2.38. The quantitative estimate of drug-likeness (QED) is 0.239. The smallest absolute Gasteiger partial charge is 0.144 e. The van der Waals surface area contributed by atoms with Crippen LogP contribution >= 0.6 is 11.3 Å². The average molecular weight is 311 g/mol. The Morgan fingerprint density at radius 3 is 2.67 bits per heavy atom. The summed E-state index contributed by atoms with van der Waals surface area (Å²) in [5.41, 5.74) is 5.49. The van der Waals surface area contributed by atoms with E-state index in [1.54, 1.807) is 0 Å². The van der Waals surface area contributed by atoms with Crippen LogP contribution in [0.4, 0.5) is 0 Å². The summed E-state index contributed by atoms with van der Waals surface area (Å²) in [6.45, 7) is 10.6. The fraction of sp³-hybridized carbons (Fsp3) is 0.688. The minimum absolute atomic E-state index is 0.231. The molecular weight excluding hydrogens is 282 g/mol. The van der Waals surface area contributed by atoms with Crippen LogP contribution < -0.4 is 5.73 Å². The topological polar surface area (TPSA) is 61.8 Å². The van der Waals surface area contributed by atoms with E-state index in [-0.39, 0.29) is 5.41 Å². The van der Waals surface area contributed by atoms with Gasteiger partial charge in [0.15, 0.2) is 0 Å². The molecule has 0 aliphatic heterocycles. The monoisotopic (exact) mass is 311 g/mol. The van der Waals surface area contributed by atoms with Crippen molar-refractivity contribution in [1.29, 1.82) is 0 Å². The van der Waals surface area contributed by atoms with Crippen molar-refractivity contribution >= 4 is 17.2 Å². The van der Waals surface area contributed by atoms with Crippen molar-refractivity contribution in [3.05, 3.63) is 22.4 Å². The zero-order chi connectivity index (χ0) is 15.9. The zero-order valence-electron chi connectivity index (χ0n) is 13.7. The molecule has 1 aromatic heterocycles. The summed E-state index contributed by atoms with van der Waals surface area (Å²) in [6.07, 6.45) is 3.15. The van der Waals surface area contributed by atoms with Crippen LogP contribution in [-0.4, -0.2) is 28.5 Å². The van der Waals surface area contributed by atoms with Gasteiger partial charge in [0, 0.05) is 22.9 Å². The fourth-order valence-electron chi connectivity index (χ4n) is 2.27. The lowest BCUT2D eigenvalue weighted by molar-refractivity contribution is 0.207. The van der Waals surface area contributed by atoms with Crippen LogP contribution in [-0.2, 0) is 6.54 Å². The van der Waals surface area contributed by atoms with Crippen LogP contribution in [0, 0.1) is 5.41 Å². The number of nitrogens with two attached hydrogens (primary N) is 1. The van der Waals surface area contributed by atoms with E-state index in [1.165, 1.54) is 4.88 Å². The van der Waals surface area contributed by atoms with Gasteiger partial charge in [0.25, 0.3) is 0 Å². The Bertz CT molecular complexity index is 427. The molecule has 3 N–H and O–H groups in total. The molecule has 0 aliphatic rings. The first-order chi connectivity index (χ1) is 9.86. The zero-order valence-corrected chi connectivity index (χ0v) is 14.5. The molecule has 21 heavy (non-hydrogen) atoms. The van der Waals surface area contributed by atoms with Gasteiger partial charge >= 0.3 is 0 Å². The van der Waals surface area contributed by atoms with Crippen molar-refractivity contribution in [3.63, 3.8) is 0 Å². The third kappa shape index (κ3) is 6.06. The predicted molar refractivity (Wildman–Crippen MR) is 90.9 cm³/mol. The van der Waals surface area contributed by atoms with E-state index in [0.29, 0.717) is 11.9 Å². The number of thiophene rings is 1. The summed E-state index contributed by atoms with van der Waals surface area (Å²) in [4.78, 5) is 3.92. The number of nitrogens with zero attached hydrogens (tertiary/aromatic N) is 2. The minimum Gasteiger partial charge on any atom is -0.409 e. The maximum Gasteiger partial charge on any atom is 0.144 e. The van der Waals surface area contributed by atoms with E-state index in [1.807, 2.05) is 25.2 Å². The highest BCUT2D eigenvalue weighted by Crippen LogP contribution is 2.24. The standard InChI is InChI=1S/C16H29N3OS/c1-13(2)19(12-14-8-7-11-21-14)10-6-5-9-16(3,4)15(17)18-20/h7-8,11,13,20H,5-6,9-10,12H2,1-4H3,(H2,17,18). The molecule has 0 aromatic carbocycles. The molecule has 1 aromatic rings. The van der Waals surface area contributed by atoms with Crippen molar-refractivity contribution < 1.29 is 5.21 Å². The van der Waals surface area contributed by atoms with Gasteiger partial charge in [0.2, 0.25) is 0 Å². The van der Waals surface area contributed by atoms with Gasteiger partial charge in [-0.25, -0.2) is 0 Å². The molecule has 0 bridgehead atoms. The van der Waals surface area contributed by atoms with Gasteiger partial charge in [-0.3, -0.25) is 4.90 Å². The second-order valence-corrected chi connectivity index (χ2v) is 7.50. The SMILES string of the molecule is CC(C)N(CCCCC(C)(C)/C(N)=N/O)Cc1cccs1. The van der Waals surface area contributed by atoms with Crippen molar-refractivity contribution in [1.82, 2.24) is 4.90 Å². The fourth-order valence-corrected chi connectivity index (χ4v) is 3.00. The molecule has 0 amide bonds. The first-order valence-electron chi connectivity index (χ1n) is 7.61. The van der Waals surface area contributed by atoms with Gasteiger partial charge in [-0.15, -0.1) is 11.3 Å². The molecule has 1 heterocycles. The molecule has 0 saturated carbocycles. The summed E-state index contributed by atoms with van der Waals surface area (Å²) in [6, 6.07) is 4.85. The van der Waals surface area contributed by atoms with Crippen molar-refractivity contribution in [2.75, 3.05) is 6.54 Å². The minimum atomic E-state index is -0.231. The first kappa shape index (κ1) is 18.0. The normalized spacial score (nSPS) is 13.3. The van der Waals surface area contributed by atoms with Crippen molar-refractivity contribution in [2.45, 2.75) is 59.5 Å². The first-order valence-corrected chi connectivity index (χ1v) is 8.49. The van der Waals surface area contributed by atoms with E-state index < -0.39 is 0 Å². The lowest BCUT2D eigenvalue weighted by Gasteiger charge is -2.27. The van der Waals surface area contributed by atoms with Crippen LogP contribution in [0.2, 0.25) is 0 Å². The van der Waals surface area contributed by atoms with E-state index in [4.69, 9.17) is 10.9 Å². The summed E-state index contributed by atoms with van der Waals surface area (Å²) in [5, 5.41) is 14.1. The molecule has 0 aliphatic carbocycles. The van der Waals surface area contributed by atoms with E-state index in [0.717, 1.165) is 32.4 Å². The van der Waals surface area contributed by atoms with Gasteiger partial charge in [-0.05, 0) is 44.7 Å². The second kappa shape index (κ2) is 8.39. The second-order valence-electron chi connectivity index (χ2n) is 6.47. The molecular formula is C16H29N3OS. The van der Waals surface area contributed by atoms with Gasteiger partial charge in [-0.2, -0.15) is 0 Å². The Kier molecular flexibility index (Phi) is 7.18. The van der Waals surface area contributed by atoms with Gasteiger partial charge < -0.3 is 10.9 Å². The van der Waals surface area contributed by atoms with Gasteiger partial charge in [0.05, 0.1) is 0 Å². The van der Waals surface area contributed by atoms with Crippen LogP contribution in [0.3, 0.4) is 0 Å². The maximum atomic E-state index is 8.79. The Morgan fingerprint density at radius 1 is 1.43 bits per heavy atom. The van der Waals surface area contributed by atoms with Crippen LogP contribution in [0.5, 0.6) is 0 Å². The molecule has 1 rings (SSSR count). The largest absolute Gasteiger partial charge is 0.409 e. The highest BCUT2D eigenvalue weighted by Gasteiger charge is 2.23. The third-order valence-corrected chi connectivity index (χ3v) is 4.83. The molecule has 0 radical (unpaired) electrons. The number of amidine groups is 1. The van der Waals surface area contributed by atoms with Crippen LogP contribution in [0.1, 0.15) is 51.8 Å². The lowest BCUT2D eigenvalue weighted by Crippen LogP contribution is -2.33. The summed E-state index contributed by atoms with van der Waals surface area (Å²) in [7, 11) is 0. The van der Waals surface area contributed by atoms with E-state index in [9.17, 15) is 0 Å². The van der Waals surface area contributed by atoms with Crippen LogP contribution in [0.25, 0.3) is 0 Å². The number of rotatable bonds is 9. The molecule has 0 atom stereocenters. The number of hydrogen-bond acceptors (Lipinski definition) is 4. The number of hydrogen-bond donors (Lipinski definition) is 2. The summed E-state index contributed by atoms with van der Waals surface area (Å²) < 4.78 is 0. The van der Waals surface area contributed by atoms with Gasteiger partial charge in [0.1, 0.15) is 5.84 Å². The molecule has 0 fully saturated rings. The Morgan fingerprint density at radius 2 is 2.14 bits per heavy atom. The van der Waals surface area contributed by atoms with E-state index >= 15 is 0 Å². The third-order valence-electron chi connectivity index (χ3n) is 3.97. The maximum absolute atomic E-state index is 8.79. The highest BCUT2D eigenvalue weighted by molar-refractivity contribution is 7.09. The predicted octanol–water partition coefficient (Wildman–Crippen LogP) is 3.90. The lowest BCUT2D eigenvalue weighted by atomic mass is 9.86. The molecule has 0 unspecified atom stereocenters. The Hall–Kier alpha value is -1.07. The summed E-state index contributed by atoms with van der Waals surface area (Å²) >= 11 is 1.82. The number of oxime groups is 1.